The topological polar surface area (TPSA) is 46.6 Å². The first-order chi connectivity index (χ1) is 8.57. The van der Waals surface area contributed by atoms with Gasteiger partial charge in [0, 0.05) is 0 Å². The maximum Gasteiger partial charge on any atom is 0.330 e. The molecular formula is C13H14ClNO3. The summed E-state index contributed by atoms with van der Waals surface area (Å²) in [5.74, 6) is -0.708. The quantitative estimate of drug-likeness (QED) is 0.476. The van der Waals surface area contributed by atoms with Crippen LogP contribution in [0.25, 0.3) is 0 Å². The summed E-state index contributed by atoms with van der Waals surface area (Å²) in [5, 5.41) is -0.816. The van der Waals surface area contributed by atoms with Crippen LogP contribution in [0.15, 0.2) is 30.3 Å². The van der Waals surface area contributed by atoms with Crippen molar-refractivity contribution < 1.29 is 14.3 Å². The first-order valence-corrected chi connectivity index (χ1v) is 6.10. The average Bonchev–Trinajstić information content (AvgIpc) is 2.43. The SMILES string of the molecule is COC(=O)[C@H]1[C@@H](Cl)C(=O)N1C(C)c1ccccc1. The molecule has 1 saturated heterocycles. The van der Waals surface area contributed by atoms with Gasteiger partial charge in [0.2, 0.25) is 5.91 Å². The predicted molar refractivity (Wildman–Crippen MR) is 67.1 cm³/mol. The number of carbonyl (C=O) groups excluding carboxylic acids is 2. The minimum Gasteiger partial charge on any atom is -0.467 e. The van der Waals surface area contributed by atoms with E-state index in [1.54, 1.807) is 0 Å². The maximum atomic E-state index is 11.8. The highest BCUT2D eigenvalue weighted by Gasteiger charge is 2.53. The van der Waals surface area contributed by atoms with Gasteiger partial charge in [0.25, 0.3) is 0 Å². The maximum absolute atomic E-state index is 11.8. The minimum atomic E-state index is -0.816. The van der Waals surface area contributed by atoms with Crippen molar-refractivity contribution in [1.82, 2.24) is 4.90 Å². The molecule has 4 nitrogen and oxygen atoms in total. The van der Waals surface area contributed by atoms with Crippen molar-refractivity contribution in [2.24, 2.45) is 0 Å². The van der Waals surface area contributed by atoms with Gasteiger partial charge in [-0.15, -0.1) is 11.6 Å². The smallest absolute Gasteiger partial charge is 0.330 e. The third kappa shape index (κ3) is 1.97. The molecule has 0 bridgehead atoms. The van der Waals surface area contributed by atoms with Crippen LogP contribution in [0.5, 0.6) is 0 Å². The number of esters is 1. The zero-order valence-corrected chi connectivity index (χ0v) is 10.9. The first-order valence-electron chi connectivity index (χ1n) is 5.67. The van der Waals surface area contributed by atoms with Crippen LogP contribution < -0.4 is 0 Å². The van der Waals surface area contributed by atoms with Crippen molar-refractivity contribution in [2.45, 2.75) is 24.4 Å². The highest BCUT2D eigenvalue weighted by Crippen LogP contribution is 2.35. The number of alkyl halides is 1. The summed E-state index contributed by atoms with van der Waals surface area (Å²) < 4.78 is 4.67. The summed E-state index contributed by atoms with van der Waals surface area (Å²) in [7, 11) is 1.29. The molecule has 0 radical (unpaired) electrons. The van der Waals surface area contributed by atoms with E-state index in [1.807, 2.05) is 37.3 Å². The Morgan fingerprint density at radius 3 is 2.56 bits per heavy atom. The number of benzene rings is 1. The van der Waals surface area contributed by atoms with Crippen LogP contribution in [0.3, 0.4) is 0 Å². The number of ether oxygens (including phenoxy) is 1. The van der Waals surface area contributed by atoms with Gasteiger partial charge in [-0.05, 0) is 12.5 Å². The van der Waals surface area contributed by atoms with E-state index in [1.165, 1.54) is 12.0 Å². The number of amides is 1. The monoisotopic (exact) mass is 267 g/mol. The molecule has 1 aliphatic rings. The second kappa shape index (κ2) is 4.98. The van der Waals surface area contributed by atoms with E-state index in [9.17, 15) is 9.59 Å². The Morgan fingerprint density at radius 1 is 1.39 bits per heavy atom. The predicted octanol–water partition coefficient (Wildman–Crippen LogP) is 1.74. The zero-order valence-electron chi connectivity index (χ0n) is 10.2. The number of halogens is 1. The lowest BCUT2D eigenvalue weighted by Gasteiger charge is -2.45. The summed E-state index contributed by atoms with van der Waals surface area (Å²) in [4.78, 5) is 24.9. The molecule has 2 rings (SSSR count). The Balaban J connectivity index is 2.22. The van der Waals surface area contributed by atoms with Gasteiger partial charge in [-0.25, -0.2) is 4.79 Å². The standard InChI is InChI=1S/C13H14ClNO3/c1-8(9-6-4-3-5-7-9)15-11(13(17)18-2)10(14)12(15)16/h3-8,10-11H,1-2H3/t8?,10-,11-/m1/s1. The van der Waals surface area contributed by atoms with E-state index < -0.39 is 17.4 Å². The molecule has 1 aromatic carbocycles. The number of likely N-dealkylation sites (tertiary alicyclic amines) is 1. The summed E-state index contributed by atoms with van der Waals surface area (Å²) in [5.41, 5.74) is 0.961. The number of rotatable bonds is 3. The number of nitrogens with zero attached hydrogens (tertiary/aromatic N) is 1. The highest BCUT2D eigenvalue weighted by atomic mass is 35.5. The molecule has 0 N–H and O–H groups in total. The molecule has 0 saturated carbocycles. The Bertz CT molecular complexity index is 463. The number of hydrogen-bond acceptors (Lipinski definition) is 3. The molecule has 5 heteroatoms. The Kier molecular flexibility index (Phi) is 3.57. The van der Waals surface area contributed by atoms with E-state index in [0.29, 0.717) is 0 Å². The lowest BCUT2D eigenvalue weighted by Crippen LogP contribution is -2.66. The van der Waals surface area contributed by atoms with Crippen LogP contribution in [0.4, 0.5) is 0 Å². The van der Waals surface area contributed by atoms with E-state index in [2.05, 4.69) is 4.74 Å². The fourth-order valence-electron chi connectivity index (χ4n) is 2.15. The van der Waals surface area contributed by atoms with Gasteiger partial charge in [0.05, 0.1) is 13.2 Å². The normalized spacial score (nSPS) is 24.4. The van der Waals surface area contributed by atoms with Crippen molar-refractivity contribution in [3.05, 3.63) is 35.9 Å². The Hall–Kier alpha value is -1.55. The molecule has 1 aromatic rings. The van der Waals surface area contributed by atoms with Crippen LogP contribution >= 0.6 is 11.6 Å². The molecule has 1 amide bonds. The van der Waals surface area contributed by atoms with Gasteiger partial charge in [-0.3, -0.25) is 4.79 Å². The number of β-lactam (4-membered cyclic amide) rings is 1. The van der Waals surface area contributed by atoms with Crippen LogP contribution in [0.2, 0.25) is 0 Å². The molecular weight excluding hydrogens is 254 g/mol. The van der Waals surface area contributed by atoms with Crippen molar-refractivity contribution in [1.29, 1.82) is 0 Å². The van der Waals surface area contributed by atoms with E-state index >= 15 is 0 Å². The molecule has 0 aliphatic carbocycles. The largest absolute Gasteiger partial charge is 0.467 e. The lowest BCUT2D eigenvalue weighted by molar-refractivity contribution is -0.166. The van der Waals surface area contributed by atoms with Crippen LogP contribution in [-0.4, -0.2) is 35.3 Å². The second-order valence-electron chi connectivity index (χ2n) is 4.20. The van der Waals surface area contributed by atoms with Gasteiger partial charge >= 0.3 is 5.97 Å². The summed E-state index contributed by atoms with van der Waals surface area (Å²) in [6.07, 6.45) is 0. The first kappa shape index (κ1) is 12.9. The highest BCUT2D eigenvalue weighted by molar-refractivity contribution is 6.35. The fraction of sp³-hybridized carbons (Fsp3) is 0.385. The van der Waals surface area contributed by atoms with Gasteiger partial charge in [0.15, 0.2) is 6.04 Å². The van der Waals surface area contributed by atoms with E-state index in [0.717, 1.165) is 5.56 Å². The fourth-order valence-corrected chi connectivity index (χ4v) is 2.49. The van der Waals surface area contributed by atoms with Crippen molar-refractivity contribution in [2.75, 3.05) is 7.11 Å². The number of carbonyl (C=O) groups is 2. The number of hydrogen-bond donors (Lipinski definition) is 0. The molecule has 1 heterocycles. The van der Waals surface area contributed by atoms with Gasteiger partial charge < -0.3 is 9.64 Å². The minimum absolute atomic E-state index is 0.196. The van der Waals surface area contributed by atoms with Crippen LogP contribution in [0, 0.1) is 0 Å². The van der Waals surface area contributed by atoms with Gasteiger partial charge in [-0.1, -0.05) is 30.3 Å². The zero-order chi connectivity index (χ0) is 13.3. The average molecular weight is 268 g/mol. The van der Waals surface area contributed by atoms with E-state index in [4.69, 9.17) is 11.6 Å². The molecule has 1 aliphatic heterocycles. The molecule has 1 unspecified atom stereocenters. The van der Waals surface area contributed by atoms with E-state index in [-0.39, 0.29) is 11.9 Å². The molecule has 1 fully saturated rings. The molecule has 96 valence electrons. The van der Waals surface area contributed by atoms with Crippen molar-refractivity contribution in [3.63, 3.8) is 0 Å². The number of methoxy groups -OCH3 is 1. The van der Waals surface area contributed by atoms with Gasteiger partial charge in [-0.2, -0.15) is 0 Å². The lowest BCUT2D eigenvalue weighted by atomic mass is 9.95. The molecule has 0 spiro atoms. The molecule has 0 aromatic heterocycles. The van der Waals surface area contributed by atoms with Gasteiger partial charge in [0.1, 0.15) is 5.38 Å². The molecule has 18 heavy (non-hydrogen) atoms. The van der Waals surface area contributed by atoms with Crippen molar-refractivity contribution >= 4 is 23.5 Å². The summed E-state index contributed by atoms with van der Waals surface area (Å²) >= 11 is 5.87. The third-order valence-corrected chi connectivity index (χ3v) is 3.63. The summed E-state index contributed by atoms with van der Waals surface area (Å²) in [6.45, 7) is 1.87. The second-order valence-corrected chi connectivity index (χ2v) is 4.67. The van der Waals surface area contributed by atoms with Crippen LogP contribution in [-0.2, 0) is 14.3 Å². The summed E-state index contributed by atoms with van der Waals surface area (Å²) in [6, 6.07) is 8.61. The van der Waals surface area contributed by atoms with Crippen LogP contribution in [0.1, 0.15) is 18.5 Å². The van der Waals surface area contributed by atoms with Crippen molar-refractivity contribution in [3.8, 4) is 0 Å². The third-order valence-electron chi connectivity index (χ3n) is 3.21. The Labute approximate surface area is 110 Å². The molecule has 3 atom stereocenters. The Morgan fingerprint density at radius 2 is 2.00 bits per heavy atom.